The normalized spacial score (nSPS) is 12.6. The van der Waals surface area contributed by atoms with E-state index >= 15 is 0 Å². The first-order chi connectivity index (χ1) is 16.2. The van der Waals surface area contributed by atoms with Gasteiger partial charge in [0.2, 0.25) is 0 Å². The Morgan fingerprint density at radius 1 is 1.26 bits per heavy atom. The summed E-state index contributed by atoms with van der Waals surface area (Å²) in [6.45, 7) is 10.9. The Bertz CT molecular complexity index is 1190. The molecule has 10 heteroatoms. The molecular weight excluding hydrogens is 436 g/mol. The number of nitrogens with zero attached hydrogens (tertiary/aromatic N) is 5. The molecule has 0 saturated carbocycles. The van der Waals surface area contributed by atoms with Gasteiger partial charge in [-0.25, -0.2) is 4.68 Å². The van der Waals surface area contributed by atoms with Crippen LogP contribution in [0.5, 0.6) is 0 Å². The quantitative estimate of drug-likeness (QED) is 0.409. The number of hydrogen-bond donors (Lipinski definition) is 2. The highest BCUT2D eigenvalue weighted by Gasteiger charge is 2.30. The Morgan fingerprint density at radius 3 is 2.71 bits per heavy atom. The van der Waals surface area contributed by atoms with Crippen LogP contribution in [-0.2, 0) is 22.6 Å². The zero-order chi connectivity index (χ0) is 24.8. The topological polar surface area (TPSA) is 126 Å². The number of nitrogens with one attached hydrogen (secondary N) is 1. The third kappa shape index (κ3) is 5.87. The van der Waals surface area contributed by atoms with Gasteiger partial charge in [0.15, 0.2) is 5.82 Å². The first-order valence-electron chi connectivity index (χ1n) is 11.6. The van der Waals surface area contributed by atoms with E-state index in [9.17, 15) is 14.7 Å². The van der Waals surface area contributed by atoms with Crippen molar-refractivity contribution in [2.24, 2.45) is 5.92 Å². The van der Waals surface area contributed by atoms with E-state index in [0.29, 0.717) is 30.9 Å². The molecule has 10 nitrogen and oxygen atoms in total. The van der Waals surface area contributed by atoms with Crippen LogP contribution in [0.25, 0.3) is 10.9 Å². The molecule has 3 rings (SSSR count). The number of aliphatic hydroxyl groups excluding tert-OH is 1. The van der Waals surface area contributed by atoms with Gasteiger partial charge in [0.05, 0.1) is 18.2 Å². The van der Waals surface area contributed by atoms with Gasteiger partial charge in [-0.05, 0) is 66.6 Å². The van der Waals surface area contributed by atoms with Gasteiger partial charge < -0.3 is 14.8 Å². The van der Waals surface area contributed by atoms with Crippen LogP contribution in [0.2, 0.25) is 0 Å². The number of pyridine rings is 1. The Kier molecular flexibility index (Phi) is 8.51. The fourth-order valence-electron chi connectivity index (χ4n) is 4.41. The van der Waals surface area contributed by atoms with Gasteiger partial charge in [0.1, 0.15) is 6.54 Å². The van der Waals surface area contributed by atoms with Crippen LogP contribution < -0.4 is 5.56 Å². The molecule has 0 saturated heterocycles. The number of ether oxygens (including phenoxy) is 1. The molecule has 1 aromatic carbocycles. The fourth-order valence-corrected chi connectivity index (χ4v) is 4.41. The molecule has 0 fully saturated rings. The second-order valence-electron chi connectivity index (χ2n) is 8.91. The summed E-state index contributed by atoms with van der Waals surface area (Å²) in [5, 5.41) is 22.5. The maximum atomic E-state index is 13.0. The molecule has 2 N–H and O–H groups in total. The SMILES string of the molecule is CCOC(=O)Cn1nnnc1[C@H](C(C)C)N(CCCO)Cc1cc2cc(C)cc(C)c2[nH]c1=O. The largest absolute Gasteiger partial charge is 0.465 e. The molecule has 0 aliphatic carbocycles. The number of carbonyl (C=O) groups is 1. The Hall–Kier alpha value is -3.11. The van der Waals surface area contributed by atoms with Gasteiger partial charge in [0, 0.05) is 25.3 Å². The summed E-state index contributed by atoms with van der Waals surface area (Å²) in [6, 6.07) is 5.74. The van der Waals surface area contributed by atoms with Crippen molar-refractivity contribution in [3.8, 4) is 0 Å². The van der Waals surface area contributed by atoms with Crippen LogP contribution in [0.1, 0.15) is 55.7 Å². The van der Waals surface area contributed by atoms with E-state index in [1.54, 1.807) is 6.92 Å². The molecule has 0 amide bonds. The number of aromatic amines is 1. The predicted octanol–water partition coefficient (Wildman–Crippen LogP) is 2.28. The number of carbonyl (C=O) groups excluding carboxylic acids is 1. The minimum Gasteiger partial charge on any atom is -0.465 e. The van der Waals surface area contributed by atoms with Gasteiger partial charge >= 0.3 is 5.97 Å². The zero-order valence-corrected chi connectivity index (χ0v) is 20.5. The van der Waals surface area contributed by atoms with E-state index in [4.69, 9.17) is 4.74 Å². The van der Waals surface area contributed by atoms with Gasteiger partial charge in [0.25, 0.3) is 5.56 Å². The summed E-state index contributed by atoms with van der Waals surface area (Å²) < 4.78 is 6.51. The van der Waals surface area contributed by atoms with Crippen molar-refractivity contribution >= 4 is 16.9 Å². The molecule has 1 atom stereocenters. The summed E-state index contributed by atoms with van der Waals surface area (Å²) in [4.78, 5) is 30.2. The van der Waals surface area contributed by atoms with E-state index in [2.05, 4.69) is 31.5 Å². The van der Waals surface area contributed by atoms with Crippen LogP contribution >= 0.6 is 0 Å². The van der Waals surface area contributed by atoms with E-state index in [0.717, 1.165) is 22.0 Å². The van der Waals surface area contributed by atoms with Crippen molar-refractivity contribution in [2.45, 2.75) is 60.2 Å². The van der Waals surface area contributed by atoms with Crippen molar-refractivity contribution in [3.05, 3.63) is 51.1 Å². The minimum atomic E-state index is -0.419. The lowest BCUT2D eigenvalue weighted by Crippen LogP contribution is -2.37. The molecule has 0 aliphatic heterocycles. The number of tetrazole rings is 1. The molecular formula is C24H34N6O4. The van der Waals surface area contributed by atoms with E-state index in [1.807, 2.05) is 39.8 Å². The van der Waals surface area contributed by atoms with Gasteiger partial charge in [-0.15, -0.1) is 5.10 Å². The third-order valence-electron chi connectivity index (χ3n) is 5.78. The van der Waals surface area contributed by atoms with Crippen molar-refractivity contribution in [3.63, 3.8) is 0 Å². The number of aromatic nitrogens is 5. The van der Waals surface area contributed by atoms with Crippen molar-refractivity contribution < 1.29 is 14.6 Å². The number of rotatable bonds is 11. The summed E-state index contributed by atoms with van der Waals surface area (Å²) in [6.07, 6.45) is 0.520. The number of H-pyrrole nitrogens is 1. The molecule has 2 aromatic heterocycles. The smallest absolute Gasteiger partial charge is 0.327 e. The van der Waals surface area contributed by atoms with Crippen molar-refractivity contribution in [1.82, 2.24) is 30.1 Å². The summed E-state index contributed by atoms with van der Waals surface area (Å²) in [5.41, 5.74) is 3.44. The number of aryl methyl sites for hydroxylation is 2. The maximum absolute atomic E-state index is 13.0. The molecule has 184 valence electrons. The molecule has 3 aromatic rings. The lowest BCUT2D eigenvalue weighted by molar-refractivity contribution is -0.144. The molecule has 2 heterocycles. The second-order valence-corrected chi connectivity index (χ2v) is 8.91. The Balaban J connectivity index is 2.00. The van der Waals surface area contributed by atoms with Crippen molar-refractivity contribution in [1.29, 1.82) is 0 Å². The van der Waals surface area contributed by atoms with Gasteiger partial charge in [-0.3, -0.25) is 14.5 Å². The molecule has 0 unspecified atom stereocenters. The second kappa shape index (κ2) is 11.3. The monoisotopic (exact) mass is 470 g/mol. The van der Waals surface area contributed by atoms with Crippen LogP contribution in [0, 0.1) is 19.8 Å². The molecule has 0 bridgehead atoms. The molecule has 0 aliphatic rings. The minimum absolute atomic E-state index is 0.0154. The van der Waals surface area contributed by atoms with Crippen LogP contribution in [0.15, 0.2) is 23.0 Å². The standard InChI is InChI=1S/C24H34N6O4/c1-6-34-20(32)14-30-23(26-27-28-30)22(15(2)3)29(8-7-9-31)13-19-12-18-11-16(4)10-17(5)21(18)25-24(19)33/h10-12,15,22,31H,6-9,13-14H2,1-5H3,(H,25,33)/t22-/m0/s1. The summed E-state index contributed by atoms with van der Waals surface area (Å²) in [5.74, 6) is 0.164. The number of aliphatic hydroxyl groups is 1. The highest BCUT2D eigenvalue weighted by atomic mass is 16.5. The number of esters is 1. The fraction of sp³-hybridized carbons (Fsp3) is 0.542. The first-order valence-corrected chi connectivity index (χ1v) is 11.6. The average molecular weight is 471 g/mol. The van der Waals surface area contributed by atoms with Crippen LogP contribution in [0.3, 0.4) is 0 Å². The zero-order valence-electron chi connectivity index (χ0n) is 20.5. The van der Waals surface area contributed by atoms with Crippen LogP contribution in [-0.4, -0.2) is 60.9 Å². The molecule has 34 heavy (non-hydrogen) atoms. The Labute approximate surface area is 198 Å². The molecule has 0 radical (unpaired) electrons. The number of benzene rings is 1. The number of hydrogen-bond acceptors (Lipinski definition) is 8. The maximum Gasteiger partial charge on any atom is 0.327 e. The average Bonchev–Trinajstić information content (AvgIpc) is 3.20. The van der Waals surface area contributed by atoms with E-state index < -0.39 is 5.97 Å². The number of fused-ring (bicyclic) bond motifs is 1. The highest BCUT2D eigenvalue weighted by molar-refractivity contribution is 5.82. The summed E-state index contributed by atoms with van der Waals surface area (Å²) in [7, 11) is 0. The highest BCUT2D eigenvalue weighted by Crippen LogP contribution is 2.29. The van der Waals surface area contributed by atoms with Gasteiger partial charge in [-0.1, -0.05) is 25.5 Å². The molecule has 0 spiro atoms. The lowest BCUT2D eigenvalue weighted by Gasteiger charge is -2.33. The predicted molar refractivity (Wildman–Crippen MR) is 128 cm³/mol. The lowest BCUT2D eigenvalue weighted by atomic mass is 9.99. The third-order valence-corrected chi connectivity index (χ3v) is 5.78. The van der Waals surface area contributed by atoms with Crippen LogP contribution in [0.4, 0.5) is 0 Å². The Morgan fingerprint density at radius 2 is 2.03 bits per heavy atom. The van der Waals surface area contributed by atoms with Gasteiger partial charge in [-0.2, -0.15) is 0 Å². The van der Waals surface area contributed by atoms with Crippen molar-refractivity contribution in [2.75, 3.05) is 19.8 Å². The van der Waals surface area contributed by atoms with E-state index in [1.165, 1.54) is 4.68 Å². The first kappa shape index (κ1) is 25.5. The van der Waals surface area contributed by atoms with E-state index in [-0.39, 0.29) is 37.3 Å². The summed E-state index contributed by atoms with van der Waals surface area (Å²) >= 11 is 0.